The van der Waals surface area contributed by atoms with E-state index >= 15 is 0 Å². The minimum Gasteiger partial charge on any atom is -0.508 e. The van der Waals surface area contributed by atoms with Crippen LogP contribution in [0.15, 0.2) is 53.4 Å². The number of phenols is 1. The summed E-state index contributed by atoms with van der Waals surface area (Å²) in [4.78, 5) is -0.166. The van der Waals surface area contributed by atoms with Gasteiger partial charge in [0, 0.05) is 12.5 Å². The zero-order chi connectivity index (χ0) is 19.8. The Kier molecular flexibility index (Phi) is 5.09. The van der Waals surface area contributed by atoms with Crippen LogP contribution in [0, 0.1) is 12.8 Å². The van der Waals surface area contributed by atoms with E-state index in [4.69, 9.17) is 4.74 Å². The summed E-state index contributed by atoms with van der Waals surface area (Å²) in [7, 11) is -4.25. The summed E-state index contributed by atoms with van der Waals surface area (Å²) >= 11 is 0. The Morgan fingerprint density at radius 3 is 2.26 bits per heavy atom. The Labute approximate surface area is 155 Å². The minimum absolute atomic E-state index is 0.00882. The van der Waals surface area contributed by atoms with Crippen LogP contribution in [0.3, 0.4) is 0 Å². The van der Waals surface area contributed by atoms with E-state index in [9.17, 15) is 26.7 Å². The van der Waals surface area contributed by atoms with Crippen LogP contribution in [0.5, 0.6) is 11.5 Å². The summed E-state index contributed by atoms with van der Waals surface area (Å²) in [6, 6.07) is 9.12. The maximum absolute atomic E-state index is 13.5. The maximum Gasteiger partial charge on any atom is 0.405 e. The van der Waals surface area contributed by atoms with Crippen LogP contribution < -0.4 is 4.74 Å². The molecule has 1 aliphatic heterocycles. The molecule has 0 spiro atoms. The first-order chi connectivity index (χ1) is 12.6. The van der Waals surface area contributed by atoms with Gasteiger partial charge in [0.05, 0.1) is 11.5 Å². The van der Waals surface area contributed by atoms with Gasteiger partial charge in [0.25, 0.3) is 0 Å². The summed E-state index contributed by atoms with van der Waals surface area (Å²) in [5, 5.41) is 9.21. The summed E-state index contributed by atoms with van der Waals surface area (Å²) < 4.78 is 71.5. The Morgan fingerprint density at radius 2 is 1.70 bits per heavy atom. The van der Waals surface area contributed by atoms with Gasteiger partial charge in [-0.15, -0.1) is 0 Å². The molecular weight excluding hydrogens is 383 g/mol. The van der Waals surface area contributed by atoms with Gasteiger partial charge in [-0.1, -0.05) is 17.7 Å². The molecule has 0 amide bonds. The second-order valence-corrected chi connectivity index (χ2v) is 8.33. The summed E-state index contributed by atoms with van der Waals surface area (Å²) in [5.41, 5.74) is 0.810. The lowest BCUT2D eigenvalue weighted by Crippen LogP contribution is -2.66. The predicted molar refractivity (Wildman–Crippen MR) is 92.0 cm³/mol. The quantitative estimate of drug-likeness (QED) is 0.835. The highest BCUT2D eigenvalue weighted by atomic mass is 32.2. The number of rotatable bonds is 5. The van der Waals surface area contributed by atoms with Crippen molar-refractivity contribution in [2.45, 2.75) is 24.0 Å². The molecule has 1 aliphatic rings. The second kappa shape index (κ2) is 7.05. The molecule has 0 unspecified atom stereocenters. The topological polar surface area (TPSA) is 66.8 Å². The van der Waals surface area contributed by atoms with Crippen molar-refractivity contribution in [2.24, 2.45) is 5.92 Å². The molecular formula is C18H18F3NO4S. The third-order valence-corrected chi connectivity index (χ3v) is 6.30. The van der Waals surface area contributed by atoms with E-state index < -0.39 is 28.2 Å². The average Bonchev–Trinajstić information content (AvgIpc) is 2.54. The van der Waals surface area contributed by atoms with Crippen LogP contribution in [-0.2, 0) is 10.0 Å². The van der Waals surface area contributed by atoms with Crippen molar-refractivity contribution >= 4 is 10.0 Å². The van der Waals surface area contributed by atoms with Gasteiger partial charge < -0.3 is 9.84 Å². The van der Waals surface area contributed by atoms with Crippen LogP contribution in [-0.4, -0.2) is 43.2 Å². The molecule has 1 heterocycles. The number of aryl methyl sites for hydroxylation is 1. The summed E-state index contributed by atoms with van der Waals surface area (Å²) in [6.45, 7) is 1.20. The monoisotopic (exact) mass is 401 g/mol. The molecule has 3 rings (SSSR count). The molecule has 1 saturated heterocycles. The number of halogens is 3. The van der Waals surface area contributed by atoms with Crippen molar-refractivity contribution in [3.63, 3.8) is 0 Å². The third kappa shape index (κ3) is 4.03. The number of hydrogen-bond donors (Lipinski definition) is 1. The van der Waals surface area contributed by atoms with Gasteiger partial charge in [0.2, 0.25) is 10.0 Å². The Bertz CT molecular complexity index is 896. The number of aromatic hydroxyl groups is 1. The van der Waals surface area contributed by atoms with Crippen molar-refractivity contribution < 1.29 is 31.4 Å². The molecule has 5 nitrogen and oxygen atoms in total. The first-order valence-corrected chi connectivity index (χ1v) is 9.60. The number of nitrogens with zero attached hydrogens (tertiary/aromatic N) is 1. The molecule has 2 atom stereocenters. The zero-order valence-electron chi connectivity index (χ0n) is 14.3. The standard InChI is InChI=1S/C18H18F3NO4S/c1-12-2-8-16(9-3-12)27(24,25)22-10-13(17(22)18(19,20)21)11-26-15-6-4-14(23)5-7-15/h2-9,13,17,23H,10-11H2,1H3/t13-,17-/m0/s1. The van der Waals surface area contributed by atoms with Gasteiger partial charge >= 0.3 is 6.18 Å². The number of phenolic OH excluding ortho intramolecular Hbond substituents is 1. The number of sulfonamides is 1. The number of ether oxygens (including phenoxy) is 1. The molecule has 0 aliphatic carbocycles. The second-order valence-electron chi connectivity index (χ2n) is 6.44. The van der Waals surface area contributed by atoms with E-state index in [1.165, 1.54) is 36.4 Å². The summed E-state index contributed by atoms with van der Waals surface area (Å²) in [6.07, 6.45) is -4.71. The van der Waals surface area contributed by atoms with Crippen LogP contribution >= 0.6 is 0 Å². The van der Waals surface area contributed by atoms with E-state index in [0.29, 0.717) is 10.1 Å². The highest BCUT2D eigenvalue weighted by Crippen LogP contribution is 2.41. The lowest BCUT2D eigenvalue weighted by atomic mass is 9.92. The molecule has 2 aromatic rings. The molecule has 1 N–H and O–H groups in total. The number of benzene rings is 2. The van der Waals surface area contributed by atoms with E-state index in [0.717, 1.165) is 5.56 Å². The van der Waals surface area contributed by atoms with Crippen molar-refractivity contribution in [1.29, 1.82) is 0 Å². The van der Waals surface area contributed by atoms with E-state index in [2.05, 4.69) is 0 Å². The molecule has 1 fully saturated rings. The van der Waals surface area contributed by atoms with E-state index in [-0.39, 0.29) is 23.8 Å². The van der Waals surface area contributed by atoms with E-state index in [1.807, 2.05) is 0 Å². The largest absolute Gasteiger partial charge is 0.508 e. The van der Waals surface area contributed by atoms with Gasteiger partial charge in [-0.2, -0.15) is 17.5 Å². The Balaban J connectivity index is 1.76. The van der Waals surface area contributed by atoms with Crippen molar-refractivity contribution in [3.05, 3.63) is 54.1 Å². The van der Waals surface area contributed by atoms with Gasteiger partial charge in [0.15, 0.2) is 0 Å². The van der Waals surface area contributed by atoms with Crippen LogP contribution in [0.4, 0.5) is 13.2 Å². The van der Waals surface area contributed by atoms with Gasteiger partial charge in [-0.05, 0) is 43.3 Å². The Morgan fingerprint density at radius 1 is 1.11 bits per heavy atom. The first-order valence-electron chi connectivity index (χ1n) is 8.16. The van der Waals surface area contributed by atoms with Crippen LogP contribution in [0.25, 0.3) is 0 Å². The molecule has 2 aromatic carbocycles. The fraction of sp³-hybridized carbons (Fsp3) is 0.333. The maximum atomic E-state index is 13.5. The lowest BCUT2D eigenvalue weighted by molar-refractivity contribution is -0.215. The average molecular weight is 401 g/mol. The highest BCUT2D eigenvalue weighted by molar-refractivity contribution is 7.89. The van der Waals surface area contributed by atoms with Crippen molar-refractivity contribution in [2.75, 3.05) is 13.2 Å². The van der Waals surface area contributed by atoms with Crippen molar-refractivity contribution in [1.82, 2.24) is 4.31 Å². The Hall–Kier alpha value is -2.26. The molecule has 9 heteroatoms. The van der Waals surface area contributed by atoms with Gasteiger partial charge in [-0.25, -0.2) is 8.42 Å². The molecule has 0 aromatic heterocycles. The fourth-order valence-corrected chi connectivity index (χ4v) is 4.68. The highest BCUT2D eigenvalue weighted by Gasteiger charge is 2.59. The smallest absolute Gasteiger partial charge is 0.405 e. The van der Waals surface area contributed by atoms with E-state index in [1.54, 1.807) is 19.1 Å². The normalized spacial score (nSPS) is 20.9. The molecule has 146 valence electrons. The molecule has 0 radical (unpaired) electrons. The molecule has 27 heavy (non-hydrogen) atoms. The SMILES string of the molecule is Cc1ccc(S(=O)(=O)N2C[C@@H](COc3ccc(O)cc3)[C@H]2C(F)(F)F)cc1. The molecule has 0 bridgehead atoms. The number of alkyl halides is 3. The predicted octanol–water partition coefficient (Wildman–Crippen LogP) is 3.33. The van der Waals surface area contributed by atoms with Gasteiger partial charge in [-0.3, -0.25) is 0 Å². The van der Waals surface area contributed by atoms with Crippen molar-refractivity contribution in [3.8, 4) is 11.5 Å². The minimum atomic E-state index is -4.71. The van der Waals surface area contributed by atoms with Crippen LogP contribution in [0.2, 0.25) is 0 Å². The first kappa shape index (κ1) is 19.5. The fourth-order valence-electron chi connectivity index (χ4n) is 2.95. The lowest BCUT2D eigenvalue weighted by Gasteiger charge is -2.46. The third-order valence-electron chi connectivity index (χ3n) is 4.43. The van der Waals surface area contributed by atoms with Crippen LogP contribution in [0.1, 0.15) is 5.56 Å². The summed E-state index contributed by atoms with van der Waals surface area (Å²) in [5.74, 6) is -0.706. The molecule has 0 saturated carbocycles. The number of hydrogen-bond acceptors (Lipinski definition) is 4. The van der Waals surface area contributed by atoms with Gasteiger partial charge in [0.1, 0.15) is 17.5 Å². The zero-order valence-corrected chi connectivity index (χ0v) is 15.2.